The zero-order valence-electron chi connectivity index (χ0n) is 16.4. The summed E-state index contributed by atoms with van der Waals surface area (Å²) in [6, 6.07) is 12.4. The molecule has 2 aromatic heterocycles. The van der Waals surface area contributed by atoms with E-state index in [1.807, 2.05) is 19.1 Å². The van der Waals surface area contributed by atoms with Crippen molar-refractivity contribution >= 4 is 22.5 Å². The maximum atomic E-state index is 12.6. The molecule has 5 nitrogen and oxygen atoms in total. The molecule has 4 rings (SSSR count). The van der Waals surface area contributed by atoms with Crippen molar-refractivity contribution < 1.29 is 4.79 Å². The maximum Gasteiger partial charge on any atom is 0.258 e. The van der Waals surface area contributed by atoms with Crippen molar-refractivity contribution in [2.75, 3.05) is 5.32 Å². The number of amides is 1. The number of aromatic nitrogens is 3. The van der Waals surface area contributed by atoms with Crippen LogP contribution in [0.3, 0.4) is 0 Å². The van der Waals surface area contributed by atoms with Gasteiger partial charge in [0.25, 0.3) is 5.91 Å². The molecule has 2 heterocycles. The summed E-state index contributed by atoms with van der Waals surface area (Å²) < 4.78 is 0. The molecule has 0 bridgehead atoms. The van der Waals surface area contributed by atoms with Crippen LogP contribution in [0.2, 0.25) is 0 Å². The molecule has 0 fully saturated rings. The van der Waals surface area contributed by atoms with Crippen LogP contribution in [0.15, 0.2) is 48.8 Å². The Kier molecular flexibility index (Phi) is 4.43. The fourth-order valence-corrected chi connectivity index (χ4v) is 3.58. The number of fused-ring (bicyclic) bond motifs is 1. The Morgan fingerprint density at radius 3 is 2.43 bits per heavy atom. The van der Waals surface area contributed by atoms with Crippen molar-refractivity contribution in [1.82, 2.24) is 15.0 Å². The quantitative estimate of drug-likeness (QED) is 0.526. The summed E-state index contributed by atoms with van der Waals surface area (Å²) >= 11 is 0. The first-order valence-corrected chi connectivity index (χ1v) is 9.23. The van der Waals surface area contributed by atoms with E-state index in [0.29, 0.717) is 11.4 Å². The van der Waals surface area contributed by atoms with Crippen molar-refractivity contribution in [3.8, 4) is 11.3 Å². The molecule has 2 aromatic carbocycles. The largest absolute Gasteiger partial charge is 0.354 e. The van der Waals surface area contributed by atoms with Crippen LogP contribution in [0, 0.1) is 27.7 Å². The Morgan fingerprint density at radius 1 is 0.964 bits per heavy atom. The fraction of sp³-hybridized carbons (Fsp3) is 0.174. The number of nitrogens with zero attached hydrogens (tertiary/aromatic N) is 2. The highest BCUT2D eigenvalue weighted by atomic mass is 16.1. The van der Waals surface area contributed by atoms with E-state index in [0.717, 1.165) is 33.4 Å². The summed E-state index contributed by atoms with van der Waals surface area (Å²) in [5, 5.41) is 4.12. The molecule has 0 saturated carbocycles. The van der Waals surface area contributed by atoms with Gasteiger partial charge < -0.3 is 10.3 Å². The monoisotopic (exact) mass is 370 g/mol. The van der Waals surface area contributed by atoms with E-state index < -0.39 is 0 Å². The van der Waals surface area contributed by atoms with Gasteiger partial charge in [-0.25, -0.2) is 9.97 Å². The van der Waals surface area contributed by atoms with Crippen molar-refractivity contribution in [2.24, 2.45) is 0 Å². The molecule has 2 N–H and O–H groups in total. The Balaban J connectivity index is 1.73. The number of H-pyrrole nitrogens is 1. The Hall–Kier alpha value is -3.47. The van der Waals surface area contributed by atoms with Crippen LogP contribution in [-0.2, 0) is 0 Å². The van der Waals surface area contributed by atoms with E-state index in [1.54, 1.807) is 19.3 Å². The molecule has 4 aromatic rings. The van der Waals surface area contributed by atoms with Crippen molar-refractivity contribution in [1.29, 1.82) is 0 Å². The van der Waals surface area contributed by atoms with Gasteiger partial charge in [-0.2, -0.15) is 0 Å². The minimum Gasteiger partial charge on any atom is -0.354 e. The first-order chi connectivity index (χ1) is 13.4. The van der Waals surface area contributed by atoms with Gasteiger partial charge in [-0.1, -0.05) is 23.8 Å². The van der Waals surface area contributed by atoms with Crippen LogP contribution in [0.4, 0.5) is 5.69 Å². The normalized spacial score (nSPS) is 11.0. The van der Waals surface area contributed by atoms with Crippen LogP contribution < -0.4 is 5.32 Å². The number of hydrogen-bond donors (Lipinski definition) is 2. The van der Waals surface area contributed by atoms with Crippen molar-refractivity contribution in [3.63, 3.8) is 0 Å². The highest BCUT2D eigenvalue weighted by molar-refractivity contribution is 6.06. The molecule has 0 spiro atoms. The molecule has 0 unspecified atom stereocenters. The van der Waals surface area contributed by atoms with Crippen molar-refractivity contribution in [3.05, 3.63) is 76.9 Å². The number of aromatic amines is 1. The lowest BCUT2D eigenvalue weighted by molar-refractivity contribution is 0.102. The van der Waals surface area contributed by atoms with E-state index in [9.17, 15) is 4.79 Å². The van der Waals surface area contributed by atoms with Crippen LogP contribution in [0.25, 0.3) is 22.2 Å². The topological polar surface area (TPSA) is 70.7 Å². The van der Waals surface area contributed by atoms with Gasteiger partial charge in [-0.3, -0.25) is 4.79 Å². The molecule has 0 saturated heterocycles. The second-order valence-electron chi connectivity index (χ2n) is 7.13. The van der Waals surface area contributed by atoms with E-state index in [1.165, 1.54) is 11.1 Å². The third-order valence-electron chi connectivity index (χ3n) is 5.07. The third kappa shape index (κ3) is 3.16. The van der Waals surface area contributed by atoms with E-state index in [-0.39, 0.29) is 5.91 Å². The number of carbonyl (C=O) groups excluding carboxylic acids is 1. The summed E-state index contributed by atoms with van der Waals surface area (Å²) in [5.74, 6) is 0.426. The minimum atomic E-state index is -0.213. The summed E-state index contributed by atoms with van der Waals surface area (Å²) in [6.07, 6.45) is 3.09. The molecule has 0 aliphatic carbocycles. The summed E-state index contributed by atoms with van der Waals surface area (Å²) in [4.78, 5) is 24.3. The van der Waals surface area contributed by atoms with Gasteiger partial charge in [0.15, 0.2) is 0 Å². The molecular weight excluding hydrogens is 348 g/mol. The number of nitrogens with one attached hydrogen (secondary N) is 2. The molecule has 1 amide bonds. The first kappa shape index (κ1) is 17.9. The molecule has 0 radical (unpaired) electrons. The fourth-order valence-electron chi connectivity index (χ4n) is 3.58. The number of aryl methyl sites for hydroxylation is 4. The lowest BCUT2D eigenvalue weighted by atomic mass is 10.0. The van der Waals surface area contributed by atoms with Gasteiger partial charge in [0.1, 0.15) is 5.82 Å². The molecule has 0 aliphatic heterocycles. The standard InChI is InChI=1S/C23H22N4O/c1-13-6-5-7-17(10-13)22-15(3)21-14(2)19(8-9-20(21)26-22)27-23(28)18-11-24-16(4)25-12-18/h5-12,26H,1-4H3,(H,27,28). The second kappa shape index (κ2) is 6.93. The molecule has 5 heteroatoms. The highest BCUT2D eigenvalue weighted by Gasteiger charge is 2.15. The van der Waals surface area contributed by atoms with Crippen LogP contribution in [0.1, 0.15) is 32.9 Å². The number of carbonyl (C=O) groups is 1. The zero-order valence-corrected chi connectivity index (χ0v) is 16.4. The lowest BCUT2D eigenvalue weighted by Crippen LogP contribution is -2.13. The predicted molar refractivity (Wildman–Crippen MR) is 113 cm³/mol. The average Bonchev–Trinajstić information content (AvgIpc) is 3.02. The third-order valence-corrected chi connectivity index (χ3v) is 5.07. The van der Waals surface area contributed by atoms with Crippen molar-refractivity contribution in [2.45, 2.75) is 27.7 Å². The van der Waals surface area contributed by atoms with Gasteiger partial charge in [0.2, 0.25) is 0 Å². The highest BCUT2D eigenvalue weighted by Crippen LogP contribution is 2.34. The van der Waals surface area contributed by atoms with Gasteiger partial charge in [-0.05, 0) is 62.6 Å². The number of anilines is 1. The Bertz CT molecular complexity index is 1190. The van der Waals surface area contributed by atoms with Crippen LogP contribution in [0.5, 0.6) is 0 Å². The van der Waals surface area contributed by atoms with E-state index >= 15 is 0 Å². The predicted octanol–water partition coefficient (Wildman–Crippen LogP) is 5.11. The summed E-state index contributed by atoms with van der Waals surface area (Å²) in [7, 11) is 0. The smallest absolute Gasteiger partial charge is 0.258 e. The minimum absolute atomic E-state index is 0.213. The van der Waals surface area contributed by atoms with E-state index in [2.05, 4.69) is 58.4 Å². The van der Waals surface area contributed by atoms with Crippen LogP contribution >= 0.6 is 0 Å². The van der Waals surface area contributed by atoms with Gasteiger partial charge in [0, 0.05) is 34.7 Å². The maximum absolute atomic E-state index is 12.6. The van der Waals surface area contributed by atoms with Gasteiger partial charge in [0.05, 0.1) is 5.56 Å². The SMILES string of the molecule is Cc1cccc(-c2[nH]c3ccc(NC(=O)c4cnc(C)nc4)c(C)c3c2C)c1. The summed E-state index contributed by atoms with van der Waals surface area (Å²) in [5.41, 5.74) is 7.99. The molecular formula is C23H22N4O. The molecule has 0 atom stereocenters. The number of benzene rings is 2. The van der Waals surface area contributed by atoms with Gasteiger partial charge in [-0.15, -0.1) is 0 Å². The second-order valence-corrected chi connectivity index (χ2v) is 7.13. The zero-order chi connectivity index (χ0) is 19.8. The average molecular weight is 370 g/mol. The molecule has 0 aliphatic rings. The number of rotatable bonds is 3. The number of hydrogen-bond acceptors (Lipinski definition) is 3. The molecule has 28 heavy (non-hydrogen) atoms. The molecule has 140 valence electrons. The van der Waals surface area contributed by atoms with E-state index in [4.69, 9.17) is 0 Å². The van der Waals surface area contributed by atoms with Crippen LogP contribution in [-0.4, -0.2) is 20.9 Å². The lowest BCUT2D eigenvalue weighted by Gasteiger charge is -2.10. The Morgan fingerprint density at radius 2 is 1.71 bits per heavy atom. The van der Waals surface area contributed by atoms with Gasteiger partial charge >= 0.3 is 0 Å². The first-order valence-electron chi connectivity index (χ1n) is 9.23. The summed E-state index contributed by atoms with van der Waals surface area (Å²) in [6.45, 7) is 8.03. The Labute approximate surface area is 163 Å².